The number of nitrogens with two attached hydrogens (primary N) is 1. The highest BCUT2D eigenvalue weighted by Gasteiger charge is 2.34. The quantitative estimate of drug-likeness (QED) is 0.811. The molecule has 0 aliphatic heterocycles. The average Bonchev–Trinajstić information content (AvgIpc) is 2.56. The van der Waals surface area contributed by atoms with Crippen molar-refractivity contribution in [1.29, 1.82) is 0 Å². The summed E-state index contributed by atoms with van der Waals surface area (Å²) in [5, 5.41) is 4.30. The first-order valence-electron chi connectivity index (χ1n) is 5.87. The van der Waals surface area contributed by atoms with Crippen molar-refractivity contribution in [2.24, 2.45) is 5.92 Å². The Labute approximate surface area is 108 Å². The summed E-state index contributed by atoms with van der Waals surface area (Å²) in [6.07, 6.45) is 0.720. The Hall–Kier alpha value is -0.910. The molecule has 18 heavy (non-hydrogen) atoms. The van der Waals surface area contributed by atoms with Gasteiger partial charge < -0.3 is 5.73 Å². The van der Waals surface area contributed by atoms with Gasteiger partial charge >= 0.3 is 7.59 Å². The van der Waals surface area contributed by atoms with Crippen molar-refractivity contribution in [3.63, 3.8) is 0 Å². The monoisotopic (exact) mass is 274 g/mol. The van der Waals surface area contributed by atoms with E-state index in [1.54, 1.807) is 37.5 Å². The zero-order chi connectivity index (χ0) is 14.1. The van der Waals surface area contributed by atoms with E-state index in [-0.39, 0.29) is 5.95 Å². The number of anilines is 1. The van der Waals surface area contributed by atoms with Crippen LogP contribution in [0, 0.1) is 5.92 Å². The number of hydrogen-bond acceptors (Lipinski definition) is 4. The van der Waals surface area contributed by atoms with E-state index in [9.17, 15) is 4.57 Å². The summed E-state index contributed by atoms with van der Waals surface area (Å²) in [6, 6.07) is 0. The molecule has 7 nitrogen and oxygen atoms in total. The van der Waals surface area contributed by atoms with Crippen molar-refractivity contribution >= 4 is 13.5 Å². The highest BCUT2D eigenvalue weighted by atomic mass is 31.2. The molecule has 0 aliphatic rings. The van der Waals surface area contributed by atoms with E-state index >= 15 is 0 Å². The smallest absolute Gasteiger partial charge is 0.332 e. The Morgan fingerprint density at radius 2 is 1.78 bits per heavy atom. The molecule has 0 aliphatic carbocycles. The van der Waals surface area contributed by atoms with Gasteiger partial charge in [-0.2, -0.15) is 9.44 Å². The van der Waals surface area contributed by atoms with Crippen LogP contribution in [-0.4, -0.2) is 52.1 Å². The molecule has 0 unspecified atom stereocenters. The molecule has 2 N–H and O–H groups in total. The summed E-state index contributed by atoms with van der Waals surface area (Å²) in [4.78, 5) is 4.19. The average molecular weight is 274 g/mol. The number of nitrogens with zero attached hydrogens (tertiary/aromatic N) is 5. The molecule has 0 atom stereocenters. The second-order valence-electron chi connectivity index (χ2n) is 5.08. The van der Waals surface area contributed by atoms with E-state index in [4.69, 9.17) is 5.73 Å². The molecule has 0 saturated carbocycles. The molecular weight excluding hydrogens is 251 g/mol. The second-order valence-corrected chi connectivity index (χ2v) is 8.09. The van der Waals surface area contributed by atoms with Gasteiger partial charge in [-0.3, -0.25) is 4.57 Å². The Morgan fingerprint density at radius 1 is 1.28 bits per heavy atom. The first-order valence-corrected chi connectivity index (χ1v) is 7.44. The third-order valence-electron chi connectivity index (χ3n) is 2.54. The molecule has 1 aromatic rings. The number of hydrogen-bond donors (Lipinski definition) is 1. The summed E-state index contributed by atoms with van der Waals surface area (Å²) < 4.78 is 17.5. The molecule has 0 fully saturated rings. The second kappa shape index (κ2) is 5.38. The molecular formula is C10H23N6OP. The van der Waals surface area contributed by atoms with E-state index in [0.29, 0.717) is 11.7 Å². The highest BCUT2D eigenvalue weighted by Crippen LogP contribution is 2.51. The molecule has 0 bridgehead atoms. The minimum absolute atomic E-state index is 0.191. The van der Waals surface area contributed by atoms with Gasteiger partial charge in [-0.25, -0.2) is 9.34 Å². The zero-order valence-electron chi connectivity index (χ0n) is 12.0. The van der Waals surface area contributed by atoms with Gasteiger partial charge in [0.25, 0.3) is 0 Å². The van der Waals surface area contributed by atoms with E-state index in [0.717, 1.165) is 6.42 Å². The lowest BCUT2D eigenvalue weighted by atomic mass is 10.1. The third kappa shape index (κ3) is 2.74. The lowest BCUT2D eigenvalue weighted by Crippen LogP contribution is -2.27. The van der Waals surface area contributed by atoms with Crippen LogP contribution in [0.1, 0.15) is 19.7 Å². The van der Waals surface area contributed by atoms with E-state index in [1.165, 1.54) is 4.45 Å². The van der Waals surface area contributed by atoms with Crippen molar-refractivity contribution in [1.82, 2.24) is 23.9 Å². The fraction of sp³-hybridized carbons (Fsp3) is 0.800. The predicted octanol–water partition coefficient (Wildman–Crippen LogP) is 1.14. The van der Waals surface area contributed by atoms with Gasteiger partial charge in [-0.1, -0.05) is 13.8 Å². The number of nitrogen functional groups attached to an aromatic ring is 1. The van der Waals surface area contributed by atoms with Gasteiger partial charge in [0.2, 0.25) is 5.95 Å². The summed E-state index contributed by atoms with van der Waals surface area (Å²) in [5.41, 5.74) is 5.84. The third-order valence-corrected chi connectivity index (χ3v) is 5.41. The summed E-state index contributed by atoms with van der Waals surface area (Å²) in [7, 11) is 3.97. The van der Waals surface area contributed by atoms with Gasteiger partial charge in [0.15, 0.2) is 5.82 Å². The molecule has 0 amide bonds. The predicted molar refractivity (Wildman–Crippen MR) is 73.4 cm³/mol. The molecule has 104 valence electrons. The van der Waals surface area contributed by atoms with Gasteiger partial charge in [0.05, 0.1) is 0 Å². The molecule has 1 rings (SSSR count). The van der Waals surface area contributed by atoms with Crippen LogP contribution in [0.25, 0.3) is 0 Å². The van der Waals surface area contributed by atoms with E-state index in [2.05, 4.69) is 23.9 Å². The van der Waals surface area contributed by atoms with Gasteiger partial charge in [-0.05, 0) is 34.1 Å². The summed E-state index contributed by atoms with van der Waals surface area (Å²) in [6.45, 7) is 4.16. The van der Waals surface area contributed by atoms with Crippen LogP contribution in [0.4, 0.5) is 5.95 Å². The Bertz CT molecular complexity index is 441. The minimum atomic E-state index is -2.99. The van der Waals surface area contributed by atoms with E-state index in [1.807, 2.05) is 0 Å². The van der Waals surface area contributed by atoms with Crippen molar-refractivity contribution in [2.45, 2.75) is 20.3 Å². The van der Waals surface area contributed by atoms with Crippen LogP contribution in [0.2, 0.25) is 0 Å². The Morgan fingerprint density at radius 3 is 2.17 bits per heavy atom. The van der Waals surface area contributed by atoms with Crippen molar-refractivity contribution < 1.29 is 4.57 Å². The first kappa shape index (κ1) is 15.1. The minimum Gasteiger partial charge on any atom is -0.368 e. The Balaban J connectivity index is 3.23. The Kier molecular flexibility index (Phi) is 4.53. The largest absolute Gasteiger partial charge is 0.368 e. The molecule has 1 aromatic heterocycles. The lowest BCUT2D eigenvalue weighted by molar-refractivity contribution is 0.430. The topological polar surface area (TPSA) is 80.3 Å². The zero-order valence-corrected chi connectivity index (χ0v) is 12.8. The molecule has 0 aromatic carbocycles. The summed E-state index contributed by atoms with van der Waals surface area (Å²) in [5.74, 6) is 1.25. The van der Waals surface area contributed by atoms with Crippen LogP contribution in [0.5, 0.6) is 0 Å². The van der Waals surface area contributed by atoms with Gasteiger partial charge in [0, 0.05) is 6.42 Å². The fourth-order valence-electron chi connectivity index (χ4n) is 1.70. The molecule has 0 spiro atoms. The van der Waals surface area contributed by atoms with Gasteiger partial charge in [0.1, 0.15) is 0 Å². The van der Waals surface area contributed by atoms with Crippen LogP contribution in [0.3, 0.4) is 0 Å². The van der Waals surface area contributed by atoms with Crippen molar-refractivity contribution in [3.05, 3.63) is 5.82 Å². The lowest BCUT2D eigenvalue weighted by Gasteiger charge is -2.29. The maximum absolute atomic E-state index is 13.0. The van der Waals surface area contributed by atoms with Crippen LogP contribution < -0.4 is 5.73 Å². The SMILES string of the molecule is CC(C)Cc1nc(N)n(P(=O)(N(C)C)N(C)C)n1. The van der Waals surface area contributed by atoms with Crippen molar-refractivity contribution in [2.75, 3.05) is 33.9 Å². The standard InChI is InChI=1S/C10H23N6OP/c1-8(2)7-9-12-10(11)16(13-9)18(17,14(3)4)15(5)6/h8H,7H2,1-6H3,(H2,11,12,13). The van der Waals surface area contributed by atoms with Gasteiger partial charge in [-0.15, -0.1) is 5.10 Å². The highest BCUT2D eigenvalue weighted by molar-refractivity contribution is 7.57. The molecule has 0 saturated heterocycles. The van der Waals surface area contributed by atoms with Crippen LogP contribution in [0.15, 0.2) is 0 Å². The fourth-order valence-corrected chi connectivity index (χ4v) is 3.62. The van der Waals surface area contributed by atoms with Crippen LogP contribution in [-0.2, 0) is 11.0 Å². The normalized spacial score (nSPS) is 12.9. The first-order chi connectivity index (χ1) is 8.19. The molecule has 1 heterocycles. The number of rotatable bonds is 5. The maximum atomic E-state index is 13.0. The summed E-state index contributed by atoms with van der Waals surface area (Å²) >= 11 is 0. The maximum Gasteiger partial charge on any atom is 0.332 e. The van der Waals surface area contributed by atoms with E-state index < -0.39 is 7.59 Å². The molecule has 0 radical (unpaired) electrons. The van der Waals surface area contributed by atoms with Crippen LogP contribution >= 0.6 is 7.59 Å². The number of aromatic nitrogens is 3. The molecule has 8 heteroatoms. The van der Waals surface area contributed by atoms with Crippen molar-refractivity contribution in [3.8, 4) is 0 Å².